The van der Waals surface area contributed by atoms with Gasteiger partial charge in [-0.3, -0.25) is 19.5 Å². The molecule has 2 N–H and O–H groups in total. The van der Waals surface area contributed by atoms with E-state index in [0.717, 1.165) is 12.8 Å². The minimum atomic E-state index is -0.942. The molecule has 1 aromatic heterocycles. The summed E-state index contributed by atoms with van der Waals surface area (Å²) >= 11 is 5.91. The number of hydrogen-bond donors (Lipinski definition) is 2. The van der Waals surface area contributed by atoms with Crippen LogP contribution in [0.2, 0.25) is 5.02 Å². The number of nitrogens with one attached hydrogen (secondary N) is 2. The number of nitriles is 1. The van der Waals surface area contributed by atoms with Crippen LogP contribution < -0.4 is 10.6 Å². The highest BCUT2D eigenvalue weighted by Crippen LogP contribution is 2.31. The molecule has 42 heavy (non-hydrogen) atoms. The molecule has 2 fully saturated rings. The van der Waals surface area contributed by atoms with Crippen molar-refractivity contribution in [3.63, 3.8) is 0 Å². The van der Waals surface area contributed by atoms with Crippen LogP contribution in [0.25, 0.3) is 0 Å². The van der Waals surface area contributed by atoms with E-state index in [-0.39, 0.29) is 31.0 Å². The number of aryl methyl sites for hydroxylation is 1. The Hall–Kier alpha value is -3.68. The molecule has 10 nitrogen and oxygen atoms in total. The second-order valence-electron chi connectivity index (χ2n) is 11.9. The minimum absolute atomic E-state index is 0.0543. The molecule has 224 valence electrons. The number of hydrogen-bond acceptors (Lipinski definition) is 7. The fourth-order valence-electron chi connectivity index (χ4n) is 5.68. The summed E-state index contributed by atoms with van der Waals surface area (Å²) in [5.41, 5.74) is 1.18. The summed E-state index contributed by atoms with van der Waals surface area (Å²) in [6.07, 6.45) is 3.54. The SMILES string of the molecule is CC(C)(C)OC(=O)N[C@@H]1C[C@H]2C(=O)N([C@H](CC#N)C(=O)NCc3ccc(Cl)cn3)CCC(CCc3ccccc3)N2C1. The monoisotopic (exact) mass is 594 g/mol. The topological polar surface area (TPSA) is 128 Å². The molecular weight excluding hydrogens is 556 g/mol. The Balaban J connectivity index is 1.52. The van der Waals surface area contributed by atoms with Crippen molar-refractivity contribution in [2.24, 2.45) is 0 Å². The quantitative estimate of drug-likeness (QED) is 0.451. The molecule has 0 bridgehead atoms. The van der Waals surface area contributed by atoms with E-state index in [4.69, 9.17) is 16.3 Å². The molecule has 4 atom stereocenters. The Morgan fingerprint density at radius 1 is 1.21 bits per heavy atom. The van der Waals surface area contributed by atoms with Crippen molar-refractivity contribution in [2.75, 3.05) is 13.1 Å². The van der Waals surface area contributed by atoms with Gasteiger partial charge >= 0.3 is 6.09 Å². The fraction of sp³-hybridized carbons (Fsp3) is 0.516. The summed E-state index contributed by atoms with van der Waals surface area (Å²) in [6, 6.07) is 14.0. The van der Waals surface area contributed by atoms with Gasteiger partial charge in [0, 0.05) is 31.4 Å². The zero-order valence-electron chi connectivity index (χ0n) is 24.4. The molecular formula is C31H39ClN6O4. The van der Waals surface area contributed by atoms with E-state index in [9.17, 15) is 19.6 Å². The molecule has 2 aromatic rings. The van der Waals surface area contributed by atoms with Gasteiger partial charge in [-0.15, -0.1) is 0 Å². The highest BCUT2D eigenvalue weighted by atomic mass is 35.5. The standard InChI is InChI=1S/C31H39ClN6O4/c1-31(2,3)42-30(41)36-24-17-27-29(40)37(16-14-25(38(27)20-24)12-9-21-7-5-4-6-8-21)26(13-15-33)28(39)35-19-23-11-10-22(32)18-34-23/h4-8,10-11,18,24-27H,9,12-14,16-17,19-20H2,1-3H3,(H,35,39)(H,36,41)/t24-,25?,26-,27+/m1/s1. The number of pyridine rings is 1. The Morgan fingerprint density at radius 3 is 2.64 bits per heavy atom. The van der Waals surface area contributed by atoms with Crippen LogP contribution in [0.15, 0.2) is 48.7 Å². The number of alkyl carbamates (subject to hydrolysis) is 1. The molecule has 3 amide bonds. The zero-order valence-corrected chi connectivity index (χ0v) is 25.1. The Morgan fingerprint density at radius 2 is 1.98 bits per heavy atom. The second kappa shape index (κ2) is 14.0. The summed E-state index contributed by atoms with van der Waals surface area (Å²) in [4.78, 5) is 47.9. The van der Waals surface area contributed by atoms with Crippen LogP contribution in [0.1, 0.15) is 57.7 Å². The number of carbonyl (C=O) groups excluding carboxylic acids is 3. The molecule has 2 saturated heterocycles. The average molecular weight is 595 g/mol. The predicted octanol–water partition coefficient (Wildman–Crippen LogP) is 3.83. The first kappa shape index (κ1) is 31.3. The molecule has 11 heteroatoms. The van der Waals surface area contributed by atoms with E-state index in [1.165, 1.54) is 11.8 Å². The molecule has 0 aliphatic carbocycles. The first-order valence-corrected chi connectivity index (χ1v) is 14.8. The predicted molar refractivity (Wildman–Crippen MR) is 158 cm³/mol. The van der Waals surface area contributed by atoms with Crippen molar-refractivity contribution < 1.29 is 19.1 Å². The third kappa shape index (κ3) is 8.43. The van der Waals surface area contributed by atoms with Gasteiger partial charge in [-0.25, -0.2) is 4.79 Å². The van der Waals surface area contributed by atoms with E-state index >= 15 is 0 Å². The second-order valence-corrected chi connectivity index (χ2v) is 12.3. The number of amides is 3. The zero-order chi connectivity index (χ0) is 30.3. The van der Waals surface area contributed by atoms with Crippen LogP contribution in [-0.4, -0.2) is 75.5 Å². The lowest BCUT2D eigenvalue weighted by Gasteiger charge is -2.31. The van der Waals surface area contributed by atoms with Crippen molar-refractivity contribution in [1.29, 1.82) is 5.26 Å². The highest BCUT2D eigenvalue weighted by molar-refractivity contribution is 6.30. The van der Waals surface area contributed by atoms with Crippen molar-refractivity contribution >= 4 is 29.5 Å². The minimum Gasteiger partial charge on any atom is -0.444 e. The van der Waals surface area contributed by atoms with Crippen LogP contribution in [0.5, 0.6) is 0 Å². The smallest absolute Gasteiger partial charge is 0.407 e. The highest BCUT2D eigenvalue weighted by Gasteiger charge is 2.47. The number of nitrogens with zero attached hydrogens (tertiary/aromatic N) is 4. The van der Waals surface area contributed by atoms with Crippen LogP contribution in [0, 0.1) is 11.3 Å². The molecule has 2 aliphatic heterocycles. The van der Waals surface area contributed by atoms with Crippen molar-refractivity contribution in [1.82, 2.24) is 25.4 Å². The maximum atomic E-state index is 14.1. The summed E-state index contributed by atoms with van der Waals surface area (Å²) < 4.78 is 5.46. The van der Waals surface area contributed by atoms with Crippen molar-refractivity contribution in [2.45, 2.75) is 89.2 Å². The van der Waals surface area contributed by atoms with Gasteiger partial charge in [-0.1, -0.05) is 41.9 Å². The van der Waals surface area contributed by atoms with Gasteiger partial charge < -0.3 is 20.3 Å². The number of carbonyl (C=O) groups is 3. The third-order valence-electron chi connectivity index (χ3n) is 7.61. The van der Waals surface area contributed by atoms with Crippen LogP contribution in [-0.2, 0) is 27.3 Å². The van der Waals surface area contributed by atoms with Gasteiger partial charge in [0.25, 0.3) is 0 Å². The van der Waals surface area contributed by atoms with Gasteiger partial charge in [0.05, 0.1) is 35.8 Å². The Kier molecular flexibility index (Phi) is 10.4. The summed E-state index contributed by atoms with van der Waals surface area (Å²) in [5, 5.41) is 15.9. The number of benzene rings is 1. The molecule has 0 radical (unpaired) electrons. The van der Waals surface area contributed by atoms with E-state index in [2.05, 4.69) is 38.7 Å². The fourth-order valence-corrected chi connectivity index (χ4v) is 5.79. The largest absolute Gasteiger partial charge is 0.444 e. The number of rotatable bonds is 9. The lowest BCUT2D eigenvalue weighted by molar-refractivity contribution is -0.142. The average Bonchev–Trinajstić information content (AvgIpc) is 3.31. The summed E-state index contributed by atoms with van der Waals surface area (Å²) in [7, 11) is 0. The molecule has 2 aliphatic rings. The Labute approximate surface area is 252 Å². The van der Waals surface area contributed by atoms with Crippen LogP contribution in [0.4, 0.5) is 4.79 Å². The normalized spacial score (nSPS) is 21.5. The van der Waals surface area contributed by atoms with Gasteiger partial charge in [-0.2, -0.15) is 5.26 Å². The van der Waals surface area contributed by atoms with Crippen LogP contribution in [0.3, 0.4) is 0 Å². The van der Waals surface area contributed by atoms with Crippen molar-refractivity contribution in [3.05, 3.63) is 64.9 Å². The molecule has 0 spiro atoms. The van der Waals surface area contributed by atoms with E-state index < -0.39 is 29.7 Å². The van der Waals surface area contributed by atoms with Gasteiger partial charge in [0.1, 0.15) is 11.6 Å². The number of halogens is 1. The lowest BCUT2D eigenvalue weighted by Crippen LogP contribution is -2.53. The van der Waals surface area contributed by atoms with E-state index in [1.54, 1.807) is 37.8 Å². The number of ether oxygens (including phenoxy) is 1. The lowest BCUT2D eigenvalue weighted by atomic mass is 10.0. The third-order valence-corrected chi connectivity index (χ3v) is 7.83. The van der Waals surface area contributed by atoms with E-state index in [1.807, 2.05) is 18.2 Å². The summed E-state index contributed by atoms with van der Waals surface area (Å²) in [6.45, 7) is 6.42. The van der Waals surface area contributed by atoms with Gasteiger partial charge in [0.2, 0.25) is 11.8 Å². The maximum Gasteiger partial charge on any atom is 0.407 e. The summed E-state index contributed by atoms with van der Waals surface area (Å²) in [5.74, 6) is -0.608. The molecule has 1 unspecified atom stereocenters. The molecule has 1 aromatic carbocycles. The van der Waals surface area contributed by atoms with Gasteiger partial charge in [0.15, 0.2) is 0 Å². The van der Waals surface area contributed by atoms with E-state index in [0.29, 0.717) is 36.6 Å². The number of aromatic nitrogens is 1. The first-order valence-electron chi connectivity index (χ1n) is 14.4. The maximum absolute atomic E-state index is 14.1. The molecule has 4 rings (SSSR count). The molecule has 3 heterocycles. The molecule has 0 saturated carbocycles. The van der Waals surface area contributed by atoms with Crippen LogP contribution >= 0.6 is 11.6 Å². The first-order chi connectivity index (χ1) is 20.0. The Bertz CT molecular complexity index is 1280. The number of fused-ring (bicyclic) bond motifs is 1. The van der Waals surface area contributed by atoms with Crippen molar-refractivity contribution in [3.8, 4) is 6.07 Å². The van der Waals surface area contributed by atoms with Gasteiger partial charge in [-0.05, 0) is 64.2 Å².